The minimum absolute atomic E-state index is 0.109. The number of imidazole rings is 1. The Kier molecular flexibility index (Phi) is 6.50. The zero-order valence-corrected chi connectivity index (χ0v) is 18.0. The van der Waals surface area contributed by atoms with Gasteiger partial charge in [0.25, 0.3) is 0 Å². The van der Waals surface area contributed by atoms with Crippen molar-refractivity contribution in [3.63, 3.8) is 0 Å². The first-order valence-electron chi connectivity index (χ1n) is 9.79. The van der Waals surface area contributed by atoms with Crippen molar-refractivity contribution in [2.45, 2.75) is 13.3 Å². The minimum Gasteiger partial charge on any atom is -0.360 e. The molecule has 3 N–H and O–H groups in total. The van der Waals surface area contributed by atoms with Gasteiger partial charge >= 0.3 is 0 Å². The van der Waals surface area contributed by atoms with E-state index in [-0.39, 0.29) is 29.1 Å². The Balaban J connectivity index is 1.29. The molecular formula is C22H20FN5O3S. The van der Waals surface area contributed by atoms with Gasteiger partial charge in [-0.1, -0.05) is 23.4 Å². The van der Waals surface area contributed by atoms with E-state index < -0.39 is 0 Å². The van der Waals surface area contributed by atoms with Gasteiger partial charge in [-0.2, -0.15) is 0 Å². The van der Waals surface area contributed by atoms with E-state index in [0.717, 1.165) is 11.0 Å². The zero-order chi connectivity index (χ0) is 22.5. The maximum Gasteiger partial charge on any atom is 0.235 e. The summed E-state index contributed by atoms with van der Waals surface area (Å²) in [4.78, 5) is 31.7. The van der Waals surface area contributed by atoms with Crippen molar-refractivity contribution in [2.24, 2.45) is 0 Å². The van der Waals surface area contributed by atoms with Gasteiger partial charge in [-0.05, 0) is 36.8 Å². The van der Waals surface area contributed by atoms with E-state index in [1.165, 1.54) is 17.8 Å². The third-order valence-corrected chi connectivity index (χ3v) is 5.42. The molecule has 2 aromatic carbocycles. The van der Waals surface area contributed by atoms with Crippen molar-refractivity contribution in [2.75, 3.05) is 22.1 Å². The Hall–Kier alpha value is -3.66. The van der Waals surface area contributed by atoms with Crippen LogP contribution in [-0.2, 0) is 16.0 Å². The van der Waals surface area contributed by atoms with Gasteiger partial charge in [-0.3, -0.25) is 9.59 Å². The molecule has 2 amide bonds. The fraction of sp³-hybridized carbons (Fsp3) is 0.182. The lowest BCUT2D eigenvalue weighted by atomic mass is 10.1. The molecular weight excluding hydrogens is 433 g/mol. The standard InChI is InChI=1S/C22H20FN5O3S/c1-13-8-20(28-31-13)27-22(30)12-32-11-21(29)24-15-6-7-17-18(10-15)26-19(25-17)9-14-4-2-3-5-16(14)23/h2-8,10H,9,11-12H2,1H3,(H,24,29)(H,25,26)(H,27,28,30). The van der Waals surface area contributed by atoms with E-state index in [4.69, 9.17) is 4.52 Å². The SMILES string of the molecule is Cc1cc(NC(=O)CSCC(=O)Nc2ccc3nc(Cc4ccccc4F)[nH]c3c2)no1. The zero-order valence-electron chi connectivity index (χ0n) is 17.1. The Morgan fingerprint density at radius 3 is 2.62 bits per heavy atom. The number of fused-ring (bicyclic) bond motifs is 1. The Bertz CT molecular complexity index is 1270. The minimum atomic E-state index is -0.275. The van der Waals surface area contributed by atoms with Crippen molar-refractivity contribution in [3.05, 3.63) is 71.5 Å². The molecule has 0 saturated carbocycles. The van der Waals surface area contributed by atoms with Crippen LogP contribution < -0.4 is 10.6 Å². The molecule has 0 radical (unpaired) electrons. The number of carbonyl (C=O) groups excluding carboxylic acids is 2. The van der Waals surface area contributed by atoms with E-state index in [2.05, 4.69) is 25.8 Å². The Morgan fingerprint density at radius 2 is 1.88 bits per heavy atom. The van der Waals surface area contributed by atoms with E-state index >= 15 is 0 Å². The second-order valence-electron chi connectivity index (χ2n) is 7.10. The maximum absolute atomic E-state index is 13.9. The molecule has 0 aliphatic carbocycles. The van der Waals surface area contributed by atoms with Gasteiger partial charge in [-0.25, -0.2) is 9.37 Å². The van der Waals surface area contributed by atoms with Gasteiger partial charge < -0.3 is 20.1 Å². The number of hydrogen-bond donors (Lipinski definition) is 3. The van der Waals surface area contributed by atoms with Crippen LogP contribution in [0.15, 0.2) is 53.1 Å². The molecule has 2 heterocycles. The molecule has 0 atom stereocenters. The summed E-state index contributed by atoms with van der Waals surface area (Å²) in [6.07, 6.45) is 0.343. The first-order valence-corrected chi connectivity index (χ1v) is 10.9. The molecule has 0 unspecified atom stereocenters. The molecule has 0 fully saturated rings. The summed E-state index contributed by atoms with van der Waals surface area (Å²) in [5.41, 5.74) is 2.62. The normalized spacial score (nSPS) is 10.9. The number of carbonyl (C=O) groups is 2. The molecule has 0 bridgehead atoms. The van der Waals surface area contributed by atoms with Crippen LogP contribution in [-0.4, -0.2) is 38.4 Å². The monoisotopic (exact) mass is 453 g/mol. The van der Waals surface area contributed by atoms with Crippen LogP contribution in [0.1, 0.15) is 17.1 Å². The number of rotatable bonds is 8. The highest BCUT2D eigenvalue weighted by Gasteiger charge is 2.11. The lowest BCUT2D eigenvalue weighted by Gasteiger charge is -2.05. The van der Waals surface area contributed by atoms with Gasteiger partial charge in [0.1, 0.15) is 17.4 Å². The summed E-state index contributed by atoms with van der Waals surface area (Å²) in [5, 5.41) is 9.09. The van der Waals surface area contributed by atoms with Crippen LogP contribution in [0.4, 0.5) is 15.9 Å². The molecule has 0 saturated heterocycles. The van der Waals surface area contributed by atoms with Crippen LogP contribution in [0.5, 0.6) is 0 Å². The average molecular weight is 453 g/mol. The topological polar surface area (TPSA) is 113 Å². The number of hydrogen-bond acceptors (Lipinski definition) is 6. The summed E-state index contributed by atoms with van der Waals surface area (Å²) in [7, 11) is 0. The predicted octanol–water partition coefficient (Wildman–Crippen LogP) is 3.90. The van der Waals surface area contributed by atoms with Crippen LogP contribution in [0, 0.1) is 12.7 Å². The molecule has 4 rings (SSSR count). The van der Waals surface area contributed by atoms with Crippen LogP contribution in [0.25, 0.3) is 11.0 Å². The van der Waals surface area contributed by atoms with Gasteiger partial charge in [0.15, 0.2) is 5.82 Å². The van der Waals surface area contributed by atoms with Crippen molar-refractivity contribution >= 4 is 46.1 Å². The summed E-state index contributed by atoms with van der Waals surface area (Å²) in [6.45, 7) is 1.73. The number of thioether (sulfide) groups is 1. The van der Waals surface area contributed by atoms with Crippen LogP contribution >= 0.6 is 11.8 Å². The molecule has 4 aromatic rings. The van der Waals surface area contributed by atoms with E-state index in [1.807, 2.05) is 0 Å². The first-order chi connectivity index (χ1) is 15.5. The highest BCUT2D eigenvalue weighted by atomic mass is 32.2. The quantitative estimate of drug-likeness (QED) is 0.373. The van der Waals surface area contributed by atoms with Crippen LogP contribution in [0.3, 0.4) is 0 Å². The fourth-order valence-corrected chi connectivity index (χ4v) is 3.70. The van der Waals surface area contributed by atoms with Gasteiger partial charge in [0.2, 0.25) is 11.8 Å². The lowest BCUT2D eigenvalue weighted by Crippen LogP contribution is -2.18. The number of amides is 2. The number of nitrogens with zero attached hydrogens (tertiary/aromatic N) is 2. The van der Waals surface area contributed by atoms with Crippen molar-refractivity contribution < 1.29 is 18.5 Å². The van der Waals surface area contributed by atoms with Gasteiger partial charge in [-0.15, -0.1) is 11.8 Å². The van der Waals surface area contributed by atoms with Crippen molar-refractivity contribution in [1.29, 1.82) is 0 Å². The molecule has 32 heavy (non-hydrogen) atoms. The van der Waals surface area contributed by atoms with Gasteiger partial charge in [0.05, 0.1) is 22.5 Å². The fourth-order valence-electron chi connectivity index (χ4n) is 3.08. The number of halogens is 1. The maximum atomic E-state index is 13.9. The van der Waals surface area contributed by atoms with Crippen LogP contribution in [0.2, 0.25) is 0 Å². The Labute approximate surface area is 187 Å². The number of anilines is 2. The van der Waals surface area contributed by atoms with E-state index in [1.54, 1.807) is 49.4 Å². The largest absolute Gasteiger partial charge is 0.360 e. The second-order valence-corrected chi connectivity index (χ2v) is 8.08. The van der Waals surface area contributed by atoms with E-state index in [9.17, 15) is 14.0 Å². The summed E-state index contributed by atoms with van der Waals surface area (Å²) >= 11 is 1.19. The highest BCUT2D eigenvalue weighted by molar-refractivity contribution is 8.00. The molecule has 164 valence electrons. The Morgan fingerprint density at radius 1 is 1.09 bits per heavy atom. The van der Waals surface area contributed by atoms with Crippen molar-refractivity contribution in [3.8, 4) is 0 Å². The molecule has 8 nitrogen and oxygen atoms in total. The predicted molar refractivity (Wildman–Crippen MR) is 121 cm³/mol. The average Bonchev–Trinajstić information content (AvgIpc) is 3.34. The number of aryl methyl sites for hydroxylation is 1. The number of benzene rings is 2. The molecule has 0 spiro atoms. The second kappa shape index (κ2) is 9.65. The number of nitrogens with one attached hydrogen (secondary N) is 3. The third-order valence-electron chi connectivity index (χ3n) is 4.49. The first kappa shape index (κ1) is 21.6. The summed E-state index contributed by atoms with van der Waals surface area (Å²) in [6, 6.07) is 13.5. The number of aromatic amines is 1. The van der Waals surface area contributed by atoms with Crippen molar-refractivity contribution in [1.82, 2.24) is 15.1 Å². The molecule has 2 aromatic heterocycles. The molecule has 0 aliphatic rings. The highest BCUT2D eigenvalue weighted by Crippen LogP contribution is 2.20. The number of H-pyrrole nitrogens is 1. The third kappa shape index (κ3) is 5.52. The van der Waals surface area contributed by atoms with E-state index in [0.29, 0.717) is 35.1 Å². The number of aromatic nitrogens is 3. The lowest BCUT2D eigenvalue weighted by molar-refractivity contribution is -0.114. The summed E-state index contributed by atoms with van der Waals surface area (Å²) < 4.78 is 18.8. The molecule has 0 aliphatic heterocycles. The smallest absolute Gasteiger partial charge is 0.235 e. The molecule has 10 heteroatoms. The van der Waals surface area contributed by atoms with Gasteiger partial charge in [0, 0.05) is 18.2 Å². The summed E-state index contributed by atoms with van der Waals surface area (Å²) in [5.74, 6) is 1.03.